The van der Waals surface area contributed by atoms with Crippen LogP contribution < -0.4 is 5.32 Å². The van der Waals surface area contributed by atoms with Gasteiger partial charge < -0.3 is 10.4 Å². The second-order valence-electron chi connectivity index (χ2n) is 5.30. The summed E-state index contributed by atoms with van der Waals surface area (Å²) in [7, 11) is 0. The highest BCUT2D eigenvalue weighted by atomic mass is 16.3. The molecule has 0 spiro atoms. The molecule has 1 aliphatic heterocycles. The maximum atomic E-state index is 9.00. The van der Waals surface area contributed by atoms with Crippen LogP contribution in [0.3, 0.4) is 0 Å². The fourth-order valence-electron chi connectivity index (χ4n) is 3.15. The highest BCUT2D eigenvalue weighted by Crippen LogP contribution is 2.22. The number of hydrogen-bond donors (Lipinski definition) is 2. The topological polar surface area (TPSA) is 35.5 Å². The van der Waals surface area contributed by atoms with Crippen molar-refractivity contribution in [2.24, 2.45) is 0 Å². The van der Waals surface area contributed by atoms with Gasteiger partial charge in [0.1, 0.15) is 0 Å². The van der Waals surface area contributed by atoms with E-state index in [2.05, 4.69) is 10.2 Å². The summed E-state index contributed by atoms with van der Waals surface area (Å²) in [5, 5.41) is 12.5. The summed E-state index contributed by atoms with van der Waals surface area (Å²) in [4.78, 5) is 2.67. The zero-order chi connectivity index (χ0) is 11.2. The molecule has 1 saturated carbocycles. The molecule has 0 bridgehead atoms. The predicted octanol–water partition coefficient (Wildman–Crippen LogP) is 1.37. The molecule has 2 aliphatic rings. The molecule has 1 aliphatic carbocycles. The summed E-state index contributed by atoms with van der Waals surface area (Å²) < 4.78 is 0. The van der Waals surface area contributed by atoms with Crippen LogP contribution in [0.15, 0.2) is 0 Å². The molecule has 0 amide bonds. The van der Waals surface area contributed by atoms with E-state index in [0.717, 1.165) is 25.6 Å². The Bertz CT molecular complexity index is 188. The van der Waals surface area contributed by atoms with E-state index in [1.54, 1.807) is 0 Å². The molecule has 2 fully saturated rings. The van der Waals surface area contributed by atoms with Crippen LogP contribution in [0.1, 0.15) is 44.9 Å². The summed E-state index contributed by atoms with van der Waals surface area (Å²) in [5.74, 6) is 0. The van der Waals surface area contributed by atoms with Crippen LogP contribution in [0.5, 0.6) is 0 Å². The molecule has 16 heavy (non-hydrogen) atoms. The van der Waals surface area contributed by atoms with Gasteiger partial charge in [-0.2, -0.15) is 0 Å². The Hall–Kier alpha value is -0.120. The monoisotopic (exact) mass is 226 g/mol. The number of nitrogens with one attached hydrogen (secondary N) is 1. The number of hydrogen-bond acceptors (Lipinski definition) is 3. The lowest BCUT2D eigenvalue weighted by atomic mass is 10.0. The largest absolute Gasteiger partial charge is 0.396 e. The van der Waals surface area contributed by atoms with E-state index in [1.807, 2.05) is 0 Å². The van der Waals surface area contributed by atoms with Crippen molar-refractivity contribution in [3.05, 3.63) is 0 Å². The standard InChI is InChI=1S/C13H26N2O/c16-10-7-12-11-15(9-8-14-12)13-5-3-1-2-4-6-13/h12-14,16H,1-11H2. The lowest BCUT2D eigenvalue weighted by Gasteiger charge is -2.38. The van der Waals surface area contributed by atoms with Gasteiger partial charge in [0, 0.05) is 38.3 Å². The van der Waals surface area contributed by atoms with Gasteiger partial charge >= 0.3 is 0 Å². The molecule has 1 unspecified atom stereocenters. The third-order valence-corrected chi connectivity index (χ3v) is 4.11. The van der Waals surface area contributed by atoms with Crippen LogP contribution in [-0.4, -0.2) is 48.3 Å². The van der Waals surface area contributed by atoms with E-state index in [9.17, 15) is 0 Å². The Morgan fingerprint density at radius 3 is 2.56 bits per heavy atom. The number of aliphatic hydroxyl groups is 1. The minimum Gasteiger partial charge on any atom is -0.396 e. The summed E-state index contributed by atoms with van der Waals surface area (Å²) in [6.07, 6.45) is 9.39. The molecular formula is C13H26N2O. The number of rotatable bonds is 3. The van der Waals surface area contributed by atoms with Crippen molar-refractivity contribution in [3.8, 4) is 0 Å². The SMILES string of the molecule is OCCC1CN(C2CCCCCC2)CCN1. The molecule has 1 heterocycles. The van der Waals surface area contributed by atoms with Gasteiger partial charge in [-0.05, 0) is 19.3 Å². The van der Waals surface area contributed by atoms with Crippen molar-refractivity contribution in [2.75, 3.05) is 26.2 Å². The fraction of sp³-hybridized carbons (Fsp3) is 1.00. The average molecular weight is 226 g/mol. The quantitative estimate of drug-likeness (QED) is 0.713. The van der Waals surface area contributed by atoms with Crippen molar-refractivity contribution in [1.29, 1.82) is 0 Å². The lowest BCUT2D eigenvalue weighted by Crippen LogP contribution is -2.54. The van der Waals surface area contributed by atoms with Gasteiger partial charge in [0.25, 0.3) is 0 Å². The maximum absolute atomic E-state index is 9.00. The van der Waals surface area contributed by atoms with Crippen molar-refractivity contribution in [1.82, 2.24) is 10.2 Å². The number of nitrogens with zero attached hydrogens (tertiary/aromatic N) is 1. The van der Waals surface area contributed by atoms with E-state index in [1.165, 1.54) is 45.1 Å². The lowest BCUT2D eigenvalue weighted by molar-refractivity contribution is 0.119. The van der Waals surface area contributed by atoms with Crippen molar-refractivity contribution in [2.45, 2.75) is 57.0 Å². The summed E-state index contributed by atoms with van der Waals surface area (Å²) >= 11 is 0. The fourth-order valence-corrected chi connectivity index (χ4v) is 3.15. The van der Waals surface area contributed by atoms with Gasteiger partial charge in [0.05, 0.1) is 0 Å². The first kappa shape index (κ1) is 12.3. The highest BCUT2D eigenvalue weighted by molar-refractivity contribution is 4.83. The second-order valence-corrected chi connectivity index (χ2v) is 5.30. The Kier molecular flexibility index (Phi) is 5.07. The molecule has 3 nitrogen and oxygen atoms in total. The minimum atomic E-state index is 0.316. The predicted molar refractivity (Wildman–Crippen MR) is 66.6 cm³/mol. The first-order chi connectivity index (χ1) is 7.90. The van der Waals surface area contributed by atoms with E-state index in [0.29, 0.717) is 12.6 Å². The molecular weight excluding hydrogens is 200 g/mol. The summed E-state index contributed by atoms with van der Waals surface area (Å²) in [6.45, 7) is 3.76. The molecule has 3 heteroatoms. The molecule has 2 rings (SSSR count). The normalized spacial score (nSPS) is 30.2. The van der Waals surface area contributed by atoms with Gasteiger partial charge in [-0.25, -0.2) is 0 Å². The van der Waals surface area contributed by atoms with Gasteiger partial charge in [-0.1, -0.05) is 25.7 Å². The van der Waals surface area contributed by atoms with E-state index in [-0.39, 0.29) is 0 Å². The Morgan fingerprint density at radius 2 is 1.88 bits per heavy atom. The Balaban J connectivity index is 1.82. The van der Waals surface area contributed by atoms with E-state index in [4.69, 9.17) is 5.11 Å². The Morgan fingerprint density at radius 1 is 1.12 bits per heavy atom. The summed E-state index contributed by atoms with van der Waals surface area (Å²) in [5.41, 5.74) is 0. The number of aliphatic hydroxyl groups excluding tert-OH is 1. The van der Waals surface area contributed by atoms with Crippen LogP contribution in [0.4, 0.5) is 0 Å². The van der Waals surface area contributed by atoms with Crippen LogP contribution in [-0.2, 0) is 0 Å². The van der Waals surface area contributed by atoms with Crippen LogP contribution in [0.25, 0.3) is 0 Å². The van der Waals surface area contributed by atoms with Crippen LogP contribution >= 0.6 is 0 Å². The molecule has 0 aromatic rings. The second kappa shape index (κ2) is 6.58. The smallest absolute Gasteiger partial charge is 0.0446 e. The number of piperazine rings is 1. The van der Waals surface area contributed by atoms with Gasteiger partial charge in [-0.15, -0.1) is 0 Å². The van der Waals surface area contributed by atoms with Crippen molar-refractivity contribution >= 4 is 0 Å². The molecule has 94 valence electrons. The maximum Gasteiger partial charge on any atom is 0.0446 e. The summed E-state index contributed by atoms with van der Waals surface area (Å²) in [6, 6.07) is 1.34. The third-order valence-electron chi connectivity index (χ3n) is 4.11. The van der Waals surface area contributed by atoms with E-state index >= 15 is 0 Å². The molecule has 0 aromatic heterocycles. The first-order valence-electron chi connectivity index (χ1n) is 6.98. The van der Waals surface area contributed by atoms with Crippen LogP contribution in [0, 0.1) is 0 Å². The van der Waals surface area contributed by atoms with Gasteiger partial charge in [0.15, 0.2) is 0 Å². The van der Waals surface area contributed by atoms with Gasteiger partial charge in [0.2, 0.25) is 0 Å². The van der Waals surface area contributed by atoms with Gasteiger partial charge in [-0.3, -0.25) is 4.90 Å². The molecule has 0 radical (unpaired) electrons. The Labute approximate surface area is 99.2 Å². The molecule has 2 N–H and O–H groups in total. The van der Waals surface area contributed by atoms with E-state index < -0.39 is 0 Å². The van der Waals surface area contributed by atoms with Crippen molar-refractivity contribution in [3.63, 3.8) is 0 Å². The van der Waals surface area contributed by atoms with Crippen LogP contribution in [0.2, 0.25) is 0 Å². The zero-order valence-corrected chi connectivity index (χ0v) is 10.3. The highest BCUT2D eigenvalue weighted by Gasteiger charge is 2.25. The average Bonchev–Trinajstić information content (AvgIpc) is 2.58. The first-order valence-corrected chi connectivity index (χ1v) is 6.98. The van der Waals surface area contributed by atoms with Crippen molar-refractivity contribution < 1.29 is 5.11 Å². The molecule has 1 saturated heterocycles. The third kappa shape index (κ3) is 3.44. The molecule has 0 aromatic carbocycles. The zero-order valence-electron chi connectivity index (χ0n) is 10.3. The minimum absolute atomic E-state index is 0.316. The molecule has 1 atom stereocenters.